The van der Waals surface area contributed by atoms with Crippen LogP contribution in [-0.4, -0.2) is 49.3 Å². The molecule has 1 saturated carbocycles. The van der Waals surface area contributed by atoms with Gasteiger partial charge in [0.25, 0.3) is 5.91 Å². The van der Waals surface area contributed by atoms with Crippen molar-refractivity contribution in [1.29, 1.82) is 0 Å². The molecule has 1 aliphatic carbocycles. The number of nitrogens with two attached hydrogens (primary N) is 1. The molecule has 0 radical (unpaired) electrons. The lowest BCUT2D eigenvalue weighted by molar-refractivity contribution is -0.139. The lowest BCUT2D eigenvalue weighted by Crippen LogP contribution is -2.45. The molecule has 2 fully saturated rings. The minimum absolute atomic E-state index is 0.0219. The van der Waals surface area contributed by atoms with E-state index in [1.807, 2.05) is 0 Å². The monoisotopic (exact) mass is 531 g/mol. The topological polar surface area (TPSA) is 111 Å². The van der Waals surface area contributed by atoms with Crippen LogP contribution in [0, 0.1) is 11.7 Å². The quantitative estimate of drug-likeness (QED) is 0.390. The number of nitrogens with zero attached hydrogens (tertiary/aromatic N) is 4. The molecule has 2 amide bonds. The number of amides is 2. The molecule has 2 aromatic heterocycles. The molecule has 3 atom stereocenters. The fourth-order valence-corrected chi connectivity index (χ4v) is 5.78. The summed E-state index contributed by atoms with van der Waals surface area (Å²) in [7, 11) is 0. The van der Waals surface area contributed by atoms with Gasteiger partial charge in [-0.05, 0) is 36.5 Å². The minimum Gasteiger partial charge on any atom is -0.364 e. The van der Waals surface area contributed by atoms with Crippen molar-refractivity contribution in [1.82, 2.24) is 19.7 Å². The van der Waals surface area contributed by atoms with Gasteiger partial charge in [-0.15, -0.1) is 0 Å². The molecule has 2 aliphatic rings. The number of primary amides is 1. The van der Waals surface area contributed by atoms with E-state index in [1.54, 1.807) is 53.4 Å². The molecule has 1 saturated heterocycles. The van der Waals surface area contributed by atoms with E-state index in [-0.39, 0.29) is 47.9 Å². The van der Waals surface area contributed by atoms with Crippen molar-refractivity contribution in [2.24, 2.45) is 11.7 Å². The molecule has 2 N–H and O–H groups in total. The van der Waals surface area contributed by atoms with E-state index < -0.39 is 17.8 Å². The zero-order valence-corrected chi connectivity index (χ0v) is 20.9. The number of hydrogen-bond acceptors (Lipinski definition) is 5. The average Bonchev–Trinajstić information content (AvgIpc) is 3.40. The van der Waals surface area contributed by atoms with Gasteiger partial charge in [-0.25, -0.2) is 4.39 Å². The van der Waals surface area contributed by atoms with Crippen molar-refractivity contribution in [3.8, 4) is 11.1 Å². The summed E-state index contributed by atoms with van der Waals surface area (Å²) in [6.45, 7) is -0.168. The van der Waals surface area contributed by atoms with Crippen molar-refractivity contribution in [2.75, 3.05) is 0 Å². The first-order chi connectivity index (χ1) is 18.3. The Labute approximate surface area is 222 Å². The molecule has 192 valence electrons. The van der Waals surface area contributed by atoms with Gasteiger partial charge in [0, 0.05) is 40.2 Å². The third kappa shape index (κ3) is 4.12. The molecule has 10 heteroatoms. The number of likely N-dealkylation sites (tertiary alicyclic amines) is 1. The SMILES string of the molecule is NC(=O)c1nn(CC(=O)N2[C@@H]3C[C@@H]3C[C@H]2C(=O)Cc2cccc(-c3ccccc3Cl)c2F)c2cnccc12. The zero-order valence-electron chi connectivity index (χ0n) is 20.2. The molecule has 0 bridgehead atoms. The van der Waals surface area contributed by atoms with Crippen LogP contribution < -0.4 is 5.73 Å². The third-order valence-electron chi connectivity index (χ3n) is 7.44. The first-order valence-corrected chi connectivity index (χ1v) is 12.7. The smallest absolute Gasteiger partial charge is 0.269 e. The Hall–Kier alpha value is -4.11. The molecule has 6 rings (SSSR count). The highest BCUT2D eigenvalue weighted by atomic mass is 35.5. The highest BCUT2D eigenvalue weighted by Crippen LogP contribution is 2.48. The number of rotatable bonds is 7. The summed E-state index contributed by atoms with van der Waals surface area (Å²) in [5.41, 5.74) is 7.16. The van der Waals surface area contributed by atoms with Crippen LogP contribution in [0.15, 0.2) is 60.9 Å². The van der Waals surface area contributed by atoms with E-state index in [0.717, 1.165) is 6.42 Å². The average molecular weight is 532 g/mol. The Balaban J connectivity index is 1.24. The van der Waals surface area contributed by atoms with Crippen LogP contribution >= 0.6 is 11.6 Å². The summed E-state index contributed by atoms with van der Waals surface area (Å²) < 4.78 is 16.9. The summed E-state index contributed by atoms with van der Waals surface area (Å²) in [4.78, 5) is 44.5. The van der Waals surface area contributed by atoms with E-state index in [0.29, 0.717) is 33.5 Å². The summed E-state index contributed by atoms with van der Waals surface area (Å²) in [6, 6.07) is 12.8. The summed E-state index contributed by atoms with van der Waals surface area (Å²) in [6.07, 6.45) is 4.28. The van der Waals surface area contributed by atoms with Gasteiger partial charge in [0.2, 0.25) is 5.91 Å². The molecular formula is C28H23ClFN5O3. The number of piperidine rings is 1. The number of hydrogen-bond donors (Lipinski definition) is 1. The molecule has 38 heavy (non-hydrogen) atoms. The molecule has 1 aliphatic heterocycles. The number of Topliss-reactive ketones (excluding diaryl/α,β-unsaturated/α-hetero) is 1. The predicted octanol–water partition coefficient (Wildman–Crippen LogP) is 3.79. The summed E-state index contributed by atoms with van der Waals surface area (Å²) in [5.74, 6) is -1.45. The Kier molecular flexibility index (Phi) is 5.95. The predicted molar refractivity (Wildman–Crippen MR) is 139 cm³/mol. The second kappa shape index (κ2) is 9.33. The second-order valence-electron chi connectivity index (χ2n) is 9.78. The maximum absolute atomic E-state index is 15.5. The lowest BCUT2D eigenvalue weighted by atomic mass is 9.96. The van der Waals surface area contributed by atoms with Crippen LogP contribution in [0.3, 0.4) is 0 Å². The van der Waals surface area contributed by atoms with Crippen molar-refractivity contribution in [3.05, 3.63) is 83.0 Å². The number of halogens is 2. The zero-order chi connectivity index (χ0) is 26.6. The summed E-state index contributed by atoms with van der Waals surface area (Å²) in [5, 5.41) is 5.17. The number of aromatic nitrogens is 3. The van der Waals surface area contributed by atoms with Gasteiger partial charge in [0.15, 0.2) is 11.5 Å². The van der Waals surface area contributed by atoms with Gasteiger partial charge in [-0.3, -0.25) is 24.0 Å². The fourth-order valence-electron chi connectivity index (χ4n) is 5.54. The van der Waals surface area contributed by atoms with Crippen LogP contribution in [0.5, 0.6) is 0 Å². The van der Waals surface area contributed by atoms with Crippen molar-refractivity contribution < 1.29 is 18.8 Å². The number of benzene rings is 2. The molecule has 0 unspecified atom stereocenters. The van der Waals surface area contributed by atoms with Crippen LogP contribution in [-0.2, 0) is 22.6 Å². The van der Waals surface area contributed by atoms with Gasteiger partial charge in [0.1, 0.15) is 12.4 Å². The van der Waals surface area contributed by atoms with Crippen LogP contribution in [0.4, 0.5) is 4.39 Å². The van der Waals surface area contributed by atoms with Crippen molar-refractivity contribution in [2.45, 2.75) is 37.9 Å². The van der Waals surface area contributed by atoms with Crippen LogP contribution in [0.2, 0.25) is 5.02 Å². The van der Waals surface area contributed by atoms with E-state index >= 15 is 4.39 Å². The highest BCUT2D eigenvalue weighted by Gasteiger charge is 2.55. The number of fused-ring (bicyclic) bond motifs is 2. The second-order valence-corrected chi connectivity index (χ2v) is 10.2. The van der Waals surface area contributed by atoms with Gasteiger partial charge >= 0.3 is 0 Å². The maximum Gasteiger partial charge on any atom is 0.269 e. The van der Waals surface area contributed by atoms with Crippen molar-refractivity contribution >= 4 is 40.1 Å². The molecule has 2 aromatic carbocycles. The first kappa shape index (κ1) is 24.2. The van der Waals surface area contributed by atoms with Crippen LogP contribution in [0.1, 0.15) is 28.9 Å². The minimum atomic E-state index is -0.704. The lowest BCUT2D eigenvalue weighted by Gasteiger charge is -2.27. The van der Waals surface area contributed by atoms with E-state index in [9.17, 15) is 14.4 Å². The summed E-state index contributed by atoms with van der Waals surface area (Å²) >= 11 is 6.27. The normalized spacial score (nSPS) is 19.9. The maximum atomic E-state index is 15.5. The third-order valence-corrected chi connectivity index (χ3v) is 7.77. The Morgan fingerprint density at radius 3 is 2.63 bits per heavy atom. The molecular weight excluding hydrogens is 509 g/mol. The number of carbonyl (C=O) groups excluding carboxylic acids is 3. The van der Waals surface area contributed by atoms with E-state index in [1.165, 1.54) is 17.1 Å². The molecule has 8 nitrogen and oxygen atoms in total. The Morgan fingerprint density at radius 2 is 1.84 bits per heavy atom. The van der Waals surface area contributed by atoms with E-state index in [4.69, 9.17) is 17.3 Å². The highest BCUT2D eigenvalue weighted by molar-refractivity contribution is 6.33. The van der Waals surface area contributed by atoms with Gasteiger partial charge < -0.3 is 10.6 Å². The Morgan fingerprint density at radius 1 is 1.05 bits per heavy atom. The molecule has 0 spiro atoms. The van der Waals surface area contributed by atoms with Gasteiger partial charge in [0.05, 0.1) is 17.8 Å². The number of pyridine rings is 1. The van der Waals surface area contributed by atoms with Gasteiger partial charge in [-0.1, -0.05) is 48.0 Å². The van der Waals surface area contributed by atoms with Gasteiger partial charge in [-0.2, -0.15) is 5.10 Å². The molecule has 4 aromatic rings. The van der Waals surface area contributed by atoms with Crippen molar-refractivity contribution in [3.63, 3.8) is 0 Å². The molecule has 3 heterocycles. The number of ketones is 1. The first-order valence-electron chi connectivity index (χ1n) is 12.3. The fraction of sp³-hybridized carbons (Fsp3) is 0.250. The standard InChI is InChI=1S/C28H23ClFN5O3/c29-20-7-2-1-5-17(20)18-6-3-4-15(26(18)30)12-24(36)22-11-16-10-21(16)35(22)25(37)14-34-23-13-32-9-8-19(23)27(33-34)28(31)38/h1-9,13,16,21-22H,10-12,14H2,(H2,31,38)/t16-,21-,22+/m1/s1. The van der Waals surface area contributed by atoms with Crippen LogP contribution in [0.25, 0.3) is 22.0 Å². The Bertz CT molecular complexity index is 1620. The number of carbonyl (C=O) groups is 3. The van der Waals surface area contributed by atoms with E-state index in [2.05, 4.69) is 10.1 Å². The largest absolute Gasteiger partial charge is 0.364 e.